The lowest BCUT2D eigenvalue weighted by Gasteiger charge is -2.42. The predicted molar refractivity (Wildman–Crippen MR) is 136 cm³/mol. The van der Waals surface area contributed by atoms with Crippen LogP contribution in [0.5, 0.6) is 23.0 Å². The number of aliphatic hydroxyl groups excluding tert-OH is 7. The molecule has 2 saturated heterocycles. The summed E-state index contributed by atoms with van der Waals surface area (Å²) in [6.07, 6.45) is -18.6. The van der Waals surface area contributed by atoms with E-state index in [9.17, 15) is 50.8 Å². The Balaban J connectivity index is 1.52. The van der Waals surface area contributed by atoms with Crippen molar-refractivity contribution in [1.82, 2.24) is 0 Å². The van der Waals surface area contributed by atoms with E-state index in [0.29, 0.717) is 5.56 Å². The number of phenols is 2. The number of carbonyl (C=O) groups excluding carboxylic acids is 1. The van der Waals surface area contributed by atoms with Gasteiger partial charge in [0.05, 0.1) is 12.7 Å². The number of hydrogen-bond acceptors (Lipinski definition) is 15. The Hall–Kier alpha value is -3.09. The lowest BCUT2D eigenvalue weighted by Crippen LogP contribution is -2.60. The van der Waals surface area contributed by atoms with Crippen LogP contribution in [0.1, 0.15) is 28.9 Å². The molecule has 0 aromatic heterocycles. The van der Waals surface area contributed by atoms with E-state index in [1.54, 1.807) is 0 Å². The van der Waals surface area contributed by atoms with Gasteiger partial charge in [-0.25, -0.2) is 0 Å². The van der Waals surface area contributed by atoms with Crippen molar-refractivity contribution in [3.05, 3.63) is 47.5 Å². The van der Waals surface area contributed by atoms with Gasteiger partial charge in [0.25, 0.3) is 0 Å². The molecule has 0 unspecified atom stereocenters. The molecule has 3 aliphatic heterocycles. The minimum atomic E-state index is -1.84. The van der Waals surface area contributed by atoms with Gasteiger partial charge < -0.3 is 69.6 Å². The lowest BCUT2D eigenvalue weighted by atomic mass is 9.92. The minimum absolute atomic E-state index is 0.0800. The molecule has 2 aromatic carbocycles. The van der Waals surface area contributed by atoms with Crippen molar-refractivity contribution in [1.29, 1.82) is 0 Å². The highest BCUT2D eigenvalue weighted by atomic mass is 16.7. The van der Waals surface area contributed by atoms with Crippen molar-refractivity contribution in [2.75, 3.05) is 6.61 Å². The molecule has 12 atom stereocenters. The van der Waals surface area contributed by atoms with Crippen molar-refractivity contribution in [3.8, 4) is 23.0 Å². The average molecular weight is 597 g/mol. The number of aliphatic hydroxyl groups is 7. The van der Waals surface area contributed by atoms with Crippen LogP contribution in [0.15, 0.2) is 36.4 Å². The molecule has 3 aliphatic rings. The first-order valence-corrected chi connectivity index (χ1v) is 13.1. The van der Waals surface area contributed by atoms with Gasteiger partial charge in [-0.1, -0.05) is 12.1 Å². The fraction of sp³-hybridized carbons (Fsp3) is 0.519. The van der Waals surface area contributed by atoms with Crippen molar-refractivity contribution >= 4 is 5.78 Å². The molecule has 0 bridgehead atoms. The average Bonchev–Trinajstić information content (AvgIpc) is 2.96. The Labute approximate surface area is 238 Å². The maximum atomic E-state index is 14.1. The maximum Gasteiger partial charge on any atom is 0.229 e. The Morgan fingerprint density at radius 3 is 2.10 bits per heavy atom. The molecule has 15 nitrogen and oxygen atoms in total. The van der Waals surface area contributed by atoms with Gasteiger partial charge >= 0.3 is 0 Å². The number of ether oxygens (including phenoxy) is 5. The number of hydrogen-bond donors (Lipinski definition) is 9. The van der Waals surface area contributed by atoms with Crippen molar-refractivity contribution < 1.29 is 74.4 Å². The van der Waals surface area contributed by atoms with Crippen LogP contribution in [0.4, 0.5) is 0 Å². The molecule has 0 amide bonds. The summed E-state index contributed by atoms with van der Waals surface area (Å²) in [5.74, 6) is -1.90. The SMILES string of the molecule is C[C@H]1O[C@@H](O[C@H]2C(=O)c3c(O[C@@H]4O[C@H](CO)[C@@H](O)[C@H](O)[C@H]4O)cc(O)cc3O[C@H]2c2ccc(O)cc2)[C@@H](O)[C@H](O)[C@H]1O. The van der Waals surface area contributed by atoms with Gasteiger partial charge in [0.2, 0.25) is 12.1 Å². The molecule has 15 heteroatoms. The zero-order chi connectivity index (χ0) is 30.5. The third-order valence-corrected chi connectivity index (χ3v) is 7.49. The number of Topliss-reactive ketones (excluding diaryl/α,β-unsaturated/α-hetero) is 1. The maximum absolute atomic E-state index is 14.1. The van der Waals surface area contributed by atoms with E-state index in [-0.39, 0.29) is 22.8 Å². The van der Waals surface area contributed by atoms with Crippen LogP contribution in [-0.2, 0) is 14.2 Å². The van der Waals surface area contributed by atoms with Crippen molar-refractivity contribution in [2.45, 2.75) is 80.5 Å². The third kappa shape index (κ3) is 5.51. The number of aromatic hydroxyl groups is 2. The number of carbonyl (C=O) groups is 1. The van der Waals surface area contributed by atoms with E-state index in [4.69, 9.17) is 23.7 Å². The van der Waals surface area contributed by atoms with E-state index in [2.05, 4.69) is 0 Å². The summed E-state index contributed by atoms with van der Waals surface area (Å²) in [5.41, 5.74) is 0.0270. The molecule has 0 aliphatic carbocycles. The van der Waals surface area contributed by atoms with Crippen LogP contribution in [0.3, 0.4) is 0 Å². The highest BCUT2D eigenvalue weighted by Crippen LogP contribution is 2.45. The zero-order valence-corrected chi connectivity index (χ0v) is 22.1. The Morgan fingerprint density at radius 2 is 1.43 bits per heavy atom. The van der Waals surface area contributed by atoms with Gasteiger partial charge in [-0.2, -0.15) is 0 Å². The molecule has 230 valence electrons. The number of rotatable bonds is 6. The van der Waals surface area contributed by atoms with Gasteiger partial charge in [0, 0.05) is 12.1 Å². The summed E-state index contributed by atoms with van der Waals surface area (Å²) in [4.78, 5) is 14.1. The Morgan fingerprint density at radius 1 is 0.786 bits per heavy atom. The largest absolute Gasteiger partial charge is 0.508 e. The topological polar surface area (TPSA) is 245 Å². The number of fused-ring (bicyclic) bond motifs is 1. The van der Waals surface area contributed by atoms with Gasteiger partial charge in [-0.3, -0.25) is 4.79 Å². The van der Waals surface area contributed by atoms with E-state index >= 15 is 0 Å². The Kier molecular flexibility index (Phi) is 8.60. The van der Waals surface area contributed by atoms with E-state index < -0.39 is 91.8 Å². The second-order valence-corrected chi connectivity index (χ2v) is 10.4. The highest BCUT2D eigenvalue weighted by molar-refractivity contribution is 6.06. The molecule has 3 heterocycles. The number of ketones is 1. The fourth-order valence-electron chi connectivity index (χ4n) is 5.08. The van der Waals surface area contributed by atoms with E-state index in [1.807, 2.05) is 0 Å². The quantitative estimate of drug-likeness (QED) is 0.172. The summed E-state index contributed by atoms with van der Waals surface area (Å²) >= 11 is 0. The minimum Gasteiger partial charge on any atom is -0.508 e. The summed E-state index contributed by atoms with van der Waals surface area (Å²) in [5, 5.41) is 91.2. The number of phenolic OH excluding ortho intramolecular Hbond substituents is 2. The molecule has 42 heavy (non-hydrogen) atoms. The van der Waals surface area contributed by atoms with Crippen molar-refractivity contribution in [3.63, 3.8) is 0 Å². The summed E-state index contributed by atoms with van der Waals surface area (Å²) in [7, 11) is 0. The zero-order valence-electron chi connectivity index (χ0n) is 22.1. The smallest absolute Gasteiger partial charge is 0.229 e. The first kappa shape index (κ1) is 30.4. The van der Waals surface area contributed by atoms with Crippen LogP contribution < -0.4 is 9.47 Å². The molecule has 0 radical (unpaired) electrons. The molecule has 9 N–H and O–H groups in total. The molecule has 5 rings (SSSR count). The molecule has 0 saturated carbocycles. The second kappa shape index (κ2) is 11.9. The van der Waals surface area contributed by atoms with Crippen LogP contribution in [-0.4, -0.2) is 126 Å². The monoisotopic (exact) mass is 596 g/mol. The first-order valence-electron chi connectivity index (χ1n) is 13.1. The van der Waals surface area contributed by atoms with Crippen LogP contribution >= 0.6 is 0 Å². The van der Waals surface area contributed by atoms with E-state index in [0.717, 1.165) is 12.1 Å². The third-order valence-electron chi connectivity index (χ3n) is 7.49. The normalized spacial score (nSPS) is 38.4. The lowest BCUT2D eigenvalue weighted by molar-refractivity contribution is -0.304. The Bertz CT molecular complexity index is 1270. The summed E-state index contributed by atoms with van der Waals surface area (Å²) in [6, 6.07) is 7.68. The molecular weight excluding hydrogens is 564 g/mol. The molecule has 2 fully saturated rings. The van der Waals surface area contributed by atoms with Gasteiger partial charge in [-0.05, 0) is 24.6 Å². The van der Waals surface area contributed by atoms with Crippen LogP contribution in [0.25, 0.3) is 0 Å². The first-order chi connectivity index (χ1) is 19.9. The fourth-order valence-corrected chi connectivity index (χ4v) is 5.08. The highest BCUT2D eigenvalue weighted by Gasteiger charge is 2.49. The summed E-state index contributed by atoms with van der Waals surface area (Å²) in [6.45, 7) is 0.690. The number of benzene rings is 2. The van der Waals surface area contributed by atoms with Gasteiger partial charge in [-0.15, -0.1) is 0 Å². The standard InChI is InChI=1S/C27H32O15/c1-9-17(31)20(34)22(36)26(38-9)42-25-19(33)16-13(39-24(25)10-2-4-11(29)5-3-10)6-12(30)7-14(16)40-27-23(37)21(35)18(32)15(8-28)41-27/h2-7,9,15,17-18,20-32,34-37H,8H2,1H3/t9-,15-,17+,18-,20-,21+,22+,23-,24+,25+,26+,27-/m1/s1. The van der Waals surface area contributed by atoms with Gasteiger partial charge in [0.15, 0.2) is 18.5 Å². The molecular formula is C27H32O15. The van der Waals surface area contributed by atoms with Crippen molar-refractivity contribution in [2.24, 2.45) is 0 Å². The van der Waals surface area contributed by atoms with Crippen LogP contribution in [0.2, 0.25) is 0 Å². The predicted octanol–water partition coefficient (Wildman–Crippen LogP) is -2.19. The molecule has 0 spiro atoms. The molecule has 2 aromatic rings. The summed E-state index contributed by atoms with van der Waals surface area (Å²) < 4.78 is 28.5. The van der Waals surface area contributed by atoms with Crippen LogP contribution in [0, 0.1) is 0 Å². The van der Waals surface area contributed by atoms with E-state index in [1.165, 1.54) is 31.2 Å². The van der Waals surface area contributed by atoms with Gasteiger partial charge in [0.1, 0.15) is 71.3 Å². The second-order valence-electron chi connectivity index (χ2n) is 10.4.